The van der Waals surface area contributed by atoms with Crippen LogP contribution >= 0.6 is 0 Å². The van der Waals surface area contributed by atoms with E-state index < -0.39 is 17.6 Å². The van der Waals surface area contributed by atoms with Crippen molar-refractivity contribution in [3.63, 3.8) is 0 Å². The standard InChI is InChI=1S/C15H19NO4/c1-3-15(4-2,14(18)19)16-13(17)12-9-10-7-5-6-8-11(10)20-12/h5-8,12H,3-4,9H2,1-2H3,(H,16,17)(H,18,19). The first-order valence-corrected chi connectivity index (χ1v) is 6.82. The van der Waals surface area contributed by atoms with Gasteiger partial charge in [-0.1, -0.05) is 32.0 Å². The van der Waals surface area contributed by atoms with Gasteiger partial charge < -0.3 is 15.2 Å². The topological polar surface area (TPSA) is 75.6 Å². The molecule has 0 fully saturated rings. The van der Waals surface area contributed by atoms with Gasteiger partial charge in [-0.15, -0.1) is 0 Å². The van der Waals surface area contributed by atoms with Crippen LogP contribution in [0.2, 0.25) is 0 Å². The van der Waals surface area contributed by atoms with Gasteiger partial charge in [0.15, 0.2) is 6.10 Å². The number of carbonyl (C=O) groups is 2. The van der Waals surface area contributed by atoms with Crippen LogP contribution in [0.3, 0.4) is 0 Å². The Morgan fingerprint density at radius 3 is 2.55 bits per heavy atom. The van der Waals surface area contributed by atoms with Crippen molar-refractivity contribution in [1.82, 2.24) is 5.32 Å². The smallest absolute Gasteiger partial charge is 0.329 e. The first kappa shape index (κ1) is 14.4. The van der Waals surface area contributed by atoms with Crippen LogP contribution in [0.25, 0.3) is 0 Å². The maximum atomic E-state index is 12.3. The van der Waals surface area contributed by atoms with Crippen LogP contribution < -0.4 is 10.1 Å². The molecule has 1 aromatic carbocycles. The molecular formula is C15H19NO4. The fourth-order valence-electron chi connectivity index (χ4n) is 2.43. The zero-order chi connectivity index (χ0) is 14.8. The first-order valence-electron chi connectivity index (χ1n) is 6.82. The molecule has 0 spiro atoms. The van der Waals surface area contributed by atoms with Crippen molar-refractivity contribution in [3.05, 3.63) is 29.8 Å². The van der Waals surface area contributed by atoms with Crippen LogP contribution in [0.1, 0.15) is 32.3 Å². The van der Waals surface area contributed by atoms with Crippen LogP contribution in [0.4, 0.5) is 0 Å². The molecule has 1 aliphatic heterocycles. The molecule has 5 nitrogen and oxygen atoms in total. The Morgan fingerprint density at radius 1 is 1.35 bits per heavy atom. The van der Waals surface area contributed by atoms with Crippen molar-refractivity contribution in [2.45, 2.75) is 44.8 Å². The maximum absolute atomic E-state index is 12.3. The van der Waals surface area contributed by atoms with Crippen LogP contribution in [0.5, 0.6) is 5.75 Å². The molecule has 0 saturated heterocycles. The molecule has 2 N–H and O–H groups in total. The summed E-state index contributed by atoms with van der Waals surface area (Å²) in [6, 6.07) is 7.46. The Balaban J connectivity index is 2.09. The number of hydrogen-bond donors (Lipinski definition) is 2. The van der Waals surface area contributed by atoms with E-state index in [9.17, 15) is 14.7 Å². The van der Waals surface area contributed by atoms with Crippen molar-refractivity contribution >= 4 is 11.9 Å². The summed E-state index contributed by atoms with van der Waals surface area (Å²) in [7, 11) is 0. The predicted molar refractivity (Wildman–Crippen MR) is 73.7 cm³/mol. The highest BCUT2D eigenvalue weighted by Gasteiger charge is 2.39. The van der Waals surface area contributed by atoms with E-state index in [0.29, 0.717) is 25.0 Å². The lowest BCUT2D eigenvalue weighted by Crippen LogP contribution is -2.56. The van der Waals surface area contributed by atoms with E-state index in [1.807, 2.05) is 24.3 Å². The Labute approximate surface area is 117 Å². The molecule has 0 radical (unpaired) electrons. The van der Waals surface area contributed by atoms with Gasteiger partial charge in [-0.3, -0.25) is 4.79 Å². The third-order valence-corrected chi connectivity index (χ3v) is 3.92. The Morgan fingerprint density at radius 2 is 2.00 bits per heavy atom. The average Bonchev–Trinajstić information content (AvgIpc) is 2.88. The Kier molecular flexibility index (Phi) is 3.97. The molecule has 0 aliphatic carbocycles. The van der Waals surface area contributed by atoms with Crippen molar-refractivity contribution in [2.75, 3.05) is 0 Å². The average molecular weight is 277 g/mol. The largest absolute Gasteiger partial charge is 0.480 e. The fourth-order valence-corrected chi connectivity index (χ4v) is 2.43. The number of benzene rings is 1. The van der Waals surface area contributed by atoms with Crippen LogP contribution in [0.15, 0.2) is 24.3 Å². The summed E-state index contributed by atoms with van der Waals surface area (Å²) in [6.07, 6.45) is 0.504. The predicted octanol–water partition coefficient (Wildman–Crippen LogP) is 1.75. The van der Waals surface area contributed by atoms with Crippen LogP contribution in [-0.2, 0) is 16.0 Å². The summed E-state index contributed by atoms with van der Waals surface area (Å²) >= 11 is 0. The lowest BCUT2D eigenvalue weighted by Gasteiger charge is -2.29. The molecular weight excluding hydrogens is 258 g/mol. The molecule has 1 amide bonds. The molecule has 1 atom stereocenters. The molecule has 20 heavy (non-hydrogen) atoms. The molecule has 0 saturated carbocycles. The number of carboxylic acids is 1. The summed E-state index contributed by atoms with van der Waals surface area (Å²) in [4.78, 5) is 23.6. The minimum atomic E-state index is -1.21. The summed E-state index contributed by atoms with van der Waals surface area (Å²) < 4.78 is 5.58. The zero-order valence-electron chi connectivity index (χ0n) is 11.7. The summed E-state index contributed by atoms with van der Waals surface area (Å²) in [6.45, 7) is 3.50. The van der Waals surface area contributed by atoms with E-state index in [1.54, 1.807) is 13.8 Å². The summed E-state index contributed by atoms with van der Waals surface area (Å²) in [5, 5.41) is 12.0. The van der Waals surface area contributed by atoms with Crippen molar-refractivity contribution in [3.8, 4) is 5.75 Å². The second-order valence-corrected chi connectivity index (χ2v) is 5.00. The van der Waals surface area contributed by atoms with Crippen LogP contribution in [0, 0.1) is 0 Å². The zero-order valence-corrected chi connectivity index (χ0v) is 11.7. The number of carbonyl (C=O) groups excluding carboxylic acids is 1. The van der Waals surface area contributed by atoms with Gasteiger partial charge in [-0.2, -0.15) is 0 Å². The fraction of sp³-hybridized carbons (Fsp3) is 0.467. The number of amides is 1. The lowest BCUT2D eigenvalue weighted by molar-refractivity contribution is -0.149. The molecule has 108 valence electrons. The molecule has 1 unspecified atom stereocenters. The van der Waals surface area contributed by atoms with E-state index in [0.717, 1.165) is 5.56 Å². The monoisotopic (exact) mass is 277 g/mol. The Hall–Kier alpha value is -2.04. The highest BCUT2D eigenvalue weighted by Crippen LogP contribution is 2.28. The van der Waals surface area contributed by atoms with Gasteiger partial charge >= 0.3 is 5.97 Å². The minimum absolute atomic E-state index is 0.338. The van der Waals surface area contributed by atoms with E-state index in [2.05, 4.69) is 5.32 Å². The Bertz CT molecular complexity index is 497. The number of ether oxygens (including phenoxy) is 1. The second-order valence-electron chi connectivity index (χ2n) is 5.00. The van der Waals surface area contributed by atoms with Gasteiger partial charge in [0.25, 0.3) is 5.91 Å². The molecule has 2 rings (SSSR count). The first-order chi connectivity index (χ1) is 9.52. The normalized spacial score (nSPS) is 17.2. The maximum Gasteiger partial charge on any atom is 0.329 e. The molecule has 1 heterocycles. The van der Waals surface area contributed by atoms with E-state index in [-0.39, 0.29) is 5.91 Å². The number of hydrogen-bond acceptors (Lipinski definition) is 3. The van der Waals surface area contributed by atoms with E-state index in [4.69, 9.17) is 4.74 Å². The number of fused-ring (bicyclic) bond motifs is 1. The number of nitrogens with one attached hydrogen (secondary N) is 1. The molecule has 5 heteroatoms. The van der Waals surface area contributed by atoms with Gasteiger partial charge in [0, 0.05) is 6.42 Å². The second kappa shape index (κ2) is 5.53. The quantitative estimate of drug-likeness (QED) is 0.859. The molecule has 1 aromatic rings. The number of para-hydroxylation sites is 1. The highest BCUT2D eigenvalue weighted by atomic mass is 16.5. The van der Waals surface area contributed by atoms with Gasteiger partial charge in [-0.05, 0) is 24.5 Å². The molecule has 0 aromatic heterocycles. The van der Waals surface area contributed by atoms with Gasteiger partial charge in [-0.25, -0.2) is 4.79 Å². The van der Waals surface area contributed by atoms with Gasteiger partial charge in [0.2, 0.25) is 0 Å². The molecule has 0 bridgehead atoms. The minimum Gasteiger partial charge on any atom is -0.480 e. The van der Waals surface area contributed by atoms with Crippen molar-refractivity contribution < 1.29 is 19.4 Å². The van der Waals surface area contributed by atoms with Crippen molar-refractivity contribution in [1.29, 1.82) is 0 Å². The summed E-state index contributed by atoms with van der Waals surface area (Å²) in [5.41, 5.74) is -0.239. The van der Waals surface area contributed by atoms with Gasteiger partial charge in [0.1, 0.15) is 11.3 Å². The third kappa shape index (κ3) is 2.48. The number of rotatable bonds is 5. The van der Waals surface area contributed by atoms with E-state index >= 15 is 0 Å². The third-order valence-electron chi connectivity index (χ3n) is 3.92. The van der Waals surface area contributed by atoms with Gasteiger partial charge in [0.05, 0.1) is 0 Å². The highest BCUT2D eigenvalue weighted by molar-refractivity contribution is 5.89. The SMILES string of the molecule is CCC(CC)(NC(=O)C1Cc2ccccc2O1)C(=O)O. The lowest BCUT2D eigenvalue weighted by atomic mass is 9.92. The van der Waals surface area contributed by atoms with Crippen molar-refractivity contribution in [2.24, 2.45) is 0 Å². The van der Waals surface area contributed by atoms with E-state index in [1.165, 1.54) is 0 Å². The van der Waals surface area contributed by atoms with Crippen LogP contribution in [-0.4, -0.2) is 28.6 Å². The molecule has 1 aliphatic rings. The summed E-state index contributed by atoms with van der Waals surface area (Å²) in [5.74, 6) is -0.680. The number of aliphatic carboxylic acids is 1. The number of carboxylic acid groups (broad SMARTS) is 1.